The molecule has 0 unspecified atom stereocenters. The molecular weight excluding hydrogens is 160 g/mol. The summed E-state index contributed by atoms with van der Waals surface area (Å²) in [6, 6.07) is 0. The van der Waals surface area contributed by atoms with Gasteiger partial charge in [0, 0.05) is 7.11 Å². The molecule has 78 valence electrons. The predicted octanol–water partition coefficient (Wildman–Crippen LogP) is 3.77. The van der Waals surface area contributed by atoms with Gasteiger partial charge in [-0.05, 0) is 31.6 Å². The molecule has 1 aliphatic rings. The Bertz CT molecular complexity index is 112. The Morgan fingerprint density at radius 1 is 1.08 bits per heavy atom. The molecule has 0 spiro atoms. The molecule has 0 aliphatic heterocycles. The van der Waals surface area contributed by atoms with Crippen molar-refractivity contribution in [3.8, 4) is 0 Å². The fourth-order valence-corrected chi connectivity index (χ4v) is 2.34. The van der Waals surface area contributed by atoms with Crippen molar-refractivity contribution in [3.05, 3.63) is 0 Å². The maximum Gasteiger partial charge on any atom is 0.0571 e. The van der Waals surface area contributed by atoms with Crippen molar-refractivity contribution in [2.24, 2.45) is 5.92 Å². The van der Waals surface area contributed by atoms with E-state index in [-0.39, 0.29) is 0 Å². The zero-order valence-electron chi connectivity index (χ0n) is 9.22. The summed E-state index contributed by atoms with van der Waals surface area (Å²) in [5.41, 5.74) is 0. The largest absolute Gasteiger partial charge is 0.381 e. The van der Waals surface area contributed by atoms with Gasteiger partial charge in [0.25, 0.3) is 0 Å². The number of methoxy groups -OCH3 is 1. The maximum atomic E-state index is 5.37. The summed E-state index contributed by atoms with van der Waals surface area (Å²) in [7, 11) is 1.85. The van der Waals surface area contributed by atoms with Crippen LogP contribution >= 0.6 is 0 Å². The van der Waals surface area contributed by atoms with E-state index in [1.165, 1.54) is 51.4 Å². The number of rotatable bonds is 5. The van der Waals surface area contributed by atoms with Gasteiger partial charge in [-0.3, -0.25) is 0 Å². The zero-order chi connectivity index (χ0) is 9.52. The molecule has 0 aromatic rings. The highest BCUT2D eigenvalue weighted by Gasteiger charge is 2.19. The summed E-state index contributed by atoms with van der Waals surface area (Å²) >= 11 is 0. The van der Waals surface area contributed by atoms with Gasteiger partial charge in [0.05, 0.1) is 6.10 Å². The summed E-state index contributed by atoms with van der Waals surface area (Å²) in [6.45, 7) is 2.28. The van der Waals surface area contributed by atoms with Crippen LogP contribution in [-0.2, 0) is 4.74 Å². The summed E-state index contributed by atoms with van der Waals surface area (Å²) in [5, 5.41) is 0. The molecule has 0 N–H and O–H groups in total. The molecule has 0 amide bonds. The van der Waals surface area contributed by atoms with Gasteiger partial charge in [-0.1, -0.05) is 32.6 Å². The van der Waals surface area contributed by atoms with Crippen LogP contribution in [0.2, 0.25) is 0 Å². The quantitative estimate of drug-likeness (QED) is 0.591. The van der Waals surface area contributed by atoms with Crippen molar-refractivity contribution in [3.63, 3.8) is 0 Å². The average molecular weight is 184 g/mol. The average Bonchev–Trinajstić information content (AvgIpc) is 2.19. The normalized spacial score (nSPS) is 29.1. The molecule has 0 aromatic carbocycles. The van der Waals surface area contributed by atoms with Gasteiger partial charge in [-0.2, -0.15) is 0 Å². The minimum atomic E-state index is 0.572. The van der Waals surface area contributed by atoms with Crippen LogP contribution in [0, 0.1) is 5.92 Å². The van der Waals surface area contributed by atoms with E-state index in [4.69, 9.17) is 4.74 Å². The Balaban J connectivity index is 2.03. The van der Waals surface area contributed by atoms with Crippen molar-refractivity contribution in [1.29, 1.82) is 0 Å². The topological polar surface area (TPSA) is 9.23 Å². The molecule has 13 heavy (non-hydrogen) atoms. The van der Waals surface area contributed by atoms with Gasteiger partial charge in [0.15, 0.2) is 0 Å². The van der Waals surface area contributed by atoms with Crippen molar-refractivity contribution in [2.75, 3.05) is 7.11 Å². The number of hydrogen-bond acceptors (Lipinski definition) is 1. The second-order valence-electron chi connectivity index (χ2n) is 4.37. The first-order valence-corrected chi connectivity index (χ1v) is 5.89. The molecule has 0 bridgehead atoms. The summed E-state index contributed by atoms with van der Waals surface area (Å²) in [5.74, 6) is 1.01. The van der Waals surface area contributed by atoms with Gasteiger partial charge >= 0.3 is 0 Å². The number of hydrogen-bond donors (Lipinski definition) is 0. The van der Waals surface area contributed by atoms with E-state index in [0.29, 0.717) is 6.10 Å². The number of unbranched alkanes of at least 4 members (excludes halogenated alkanes) is 2. The van der Waals surface area contributed by atoms with E-state index in [9.17, 15) is 0 Å². The monoisotopic (exact) mass is 184 g/mol. The Morgan fingerprint density at radius 2 is 1.77 bits per heavy atom. The highest BCUT2D eigenvalue weighted by atomic mass is 16.5. The Labute approximate surface area is 82.9 Å². The lowest BCUT2D eigenvalue weighted by Gasteiger charge is -2.27. The summed E-state index contributed by atoms with van der Waals surface area (Å²) < 4.78 is 5.37. The Kier molecular flexibility index (Phi) is 5.45. The first-order chi connectivity index (χ1) is 6.36. The fourth-order valence-electron chi connectivity index (χ4n) is 2.34. The molecule has 1 nitrogen and oxygen atoms in total. The Morgan fingerprint density at radius 3 is 2.31 bits per heavy atom. The molecule has 0 saturated heterocycles. The predicted molar refractivity (Wildman–Crippen MR) is 56.9 cm³/mol. The van der Waals surface area contributed by atoms with E-state index in [2.05, 4.69) is 6.92 Å². The molecule has 0 heterocycles. The SMILES string of the molecule is CCCCCC1CCC(OC)CC1. The molecule has 1 fully saturated rings. The molecule has 0 aromatic heterocycles. The van der Waals surface area contributed by atoms with Crippen LogP contribution < -0.4 is 0 Å². The summed E-state index contributed by atoms with van der Waals surface area (Å²) in [6.07, 6.45) is 11.7. The van der Waals surface area contributed by atoms with Crippen molar-refractivity contribution < 1.29 is 4.74 Å². The smallest absolute Gasteiger partial charge is 0.0571 e. The van der Waals surface area contributed by atoms with E-state index in [0.717, 1.165) is 5.92 Å². The number of ether oxygens (including phenoxy) is 1. The van der Waals surface area contributed by atoms with Crippen molar-refractivity contribution in [2.45, 2.75) is 64.4 Å². The molecule has 0 atom stereocenters. The molecule has 1 rings (SSSR count). The van der Waals surface area contributed by atoms with Crippen LogP contribution in [0.3, 0.4) is 0 Å². The highest BCUT2D eigenvalue weighted by molar-refractivity contribution is 4.72. The summed E-state index contributed by atoms with van der Waals surface area (Å²) in [4.78, 5) is 0. The van der Waals surface area contributed by atoms with Crippen LogP contribution in [0.25, 0.3) is 0 Å². The fraction of sp³-hybridized carbons (Fsp3) is 1.00. The third-order valence-electron chi connectivity index (χ3n) is 3.34. The lowest BCUT2D eigenvalue weighted by atomic mass is 9.84. The van der Waals surface area contributed by atoms with Gasteiger partial charge in [-0.15, -0.1) is 0 Å². The van der Waals surface area contributed by atoms with Gasteiger partial charge in [0.2, 0.25) is 0 Å². The Hall–Kier alpha value is -0.0400. The molecule has 1 aliphatic carbocycles. The first kappa shape index (κ1) is 11.0. The molecule has 0 radical (unpaired) electrons. The van der Waals surface area contributed by atoms with Crippen LogP contribution in [0.4, 0.5) is 0 Å². The van der Waals surface area contributed by atoms with E-state index >= 15 is 0 Å². The standard InChI is InChI=1S/C12H24O/c1-3-4-5-6-11-7-9-12(13-2)10-8-11/h11-12H,3-10H2,1-2H3. The lowest BCUT2D eigenvalue weighted by Crippen LogP contribution is -2.20. The first-order valence-electron chi connectivity index (χ1n) is 5.89. The van der Waals surface area contributed by atoms with E-state index in [1.807, 2.05) is 7.11 Å². The van der Waals surface area contributed by atoms with Gasteiger partial charge in [0.1, 0.15) is 0 Å². The van der Waals surface area contributed by atoms with Crippen molar-refractivity contribution >= 4 is 0 Å². The van der Waals surface area contributed by atoms with E-state index < -0.39 is 0 Å². The van der Waals surface area contributed by atoms with Crippen molar-refractivity contribution in [1.82, 2.24) is 0 Å². The van der Waals surface area contributed by atoms with Gasteiger partial charge in [-0.25, -0.2) is 0 Å². The zero-order valence-corrected chi connectivity index (χ0v) is 9.22. The minimum absolute atomic E-state index is 0.572. The molecular formula is C12H24O. The highest BCUT2D eigenvalue weighted by Crippen LogP contribution is 2.29. The minimum Gasteiger partial charge on any atom is -0.381 e. The van der Waals surface area contributed by atoms with E-state index in [1.54, 1.807) is 0 Å². The van der Waals surface area contributed by atoms with Gasteiger partial charge < -0.3 is 4.74 Å². The maximum absolute atomic E-state index is 5.37. The second kappa shape index (κ2) is 6.42. The second-order valence-corrected chi connectivity index (χ2v) is 4.37. The third-order valence-corrected chi connectivity index (χ3v) is 3.34. The van der Waals surface area contributed by atoms with Crippen LogP contribution in [-0.4, -0.2) is 13.2 Å². The van der Waals surface area contributed by atoms with Crippen LogP contribution in [0.5, 0.6) is 0 Å². The van der Waals surface area contributed by atoms with Crippen LogP contribution in [0.1, 0.15) is 58.3 Å². The third kappa shape index (κ3) is 4.12. The lowest BCUT2D eigenvalue weighted by molar-refractivity contribution is 0.0552. The molecule has 1 saturated carbocycles. The molecule has 1 heteroatoms. The van der Waals surface area contributed by atoms with Crippen LogP contribution in [0.15, 0.2) is 0 Å².